The van der Waals surface area contributed by atoms with Crippen LogP contribution in [0.3, 0.4) is 0 Å². The van der Waals surface area contributed by atoms with Crippen LogP contribution in [0.4, 0.5) is 14.5 Å². The number of piperidine rings is 1. The first-order chi connectivity index (χ1) is 8.99. The van der Waals surface area contributed by atoms with Gasteiger partial charge in [0.25, 0.3) is 0 Å². The fourth-order valence-corrected chi connectivity index (χ4v) is 2.45. The lowest BCUT2D eigenvalue weighted by Crippen LogP contribution is -2.36. The van der Waals surface area contributed by atoms with Crippen molar-refractivity contribution in [3.05, 3.63) is 23.8 Å². The third kappa shape index (κ3) is 3.15. The summed E-state index contributed by atoms with van der Waals surface area (Å²) in [7, 11) is 2.08. The Morgan fingerprint density at radius 2 is 1.95 bits per heavy atom. The second-order valence-electron chi connectivity index (χ2n) is 5.24. The Kier molecular flexibility index (Phi) is 4.24. The highest BCUT2D eigenvalue weighted by Crippen LogP contribution is 2.31. The Balaban J connectivity index is 2.07. The molecule has 0 bridgehead atoms. The third-order valence-corrected chi connectivity index (χ3v) is 3.81. The summed E-state index contributed by atoms with van der Waals surface area (Å²) in [6.45, 7) is 3.89. The smallest absolute Gasteiger partial charge is 0.202 e. The first-order valence-electron chi connectivity index (χ1n) is 6.57. The van der Waals surface area contributed by atoms with Crippen molar-refractivity contribution in [2.75, 3.05) is 25.9 Å². The van der Waals surface area contributed by atoms with Crippen LogP contribution in [0.2, 0.25) is 0 Å². The van der Waals surface area contributed by atoms with E-state index in [0.717, 1.165) is 32.0 Å². The lowest BCUT2D eigenvalue weighted by molar-refractivity contribution is 0.0944. The molecule has 0 aliphatic carbocycles. The van der Waals surface area contributed by atoms with Crippen LogP contribution in [0.5, 0.6) is 5.75 Å². The van der Waals surface area contributed by atoms with E-state index >= 15 is 0 Å². The molecule has 5 heteroatoms. The Morgan fingerprint density at radius 1 is 1.32 bits per heavy atom. The summed E-state index contributed by atoms with van der Waals surface area (Å²) in [5, 5.41) is 0. The zero-order chi connectivity index (χ0) is 14.0. The predicted octanol–water partition coefficient (Wildman–Crippen LogP) is 2.66. The Labute approximate surface area is 112 Å². The quantitative estimate of drug-likeness (QED) is 0.858. The lowest BCUT2D eigenvalue weighted by Gasteiger charge is -2.33. The largest absolute Gasteiger partial charge is 0.485 e. The van der Waals surface area contributed by atoms with Crippen molar-refractivity contribution in [3.8, 4) is 5.75 Å². The molecule has 19 heavy (non-hydrogen) atoms. The summed E-state index contributed by atoms with van der Waals surface area (Å²) in [6, 6.07) is 2.34. The molecule has 1 aromatic rings. The minimum absolute atomic E-state index is 0.138. The predicted molar refractivity (Wildman–Crippen MR) is 71.1 cm³/mol. The van der Waals surface area contributed by atoms with E-state index in [2.05, 4.69) is 11.9 Å². The average molecular weight is 270 g/mol. The molecule has 1 atom stereocenters. The molecule has 2 N–H and O–H groups in total. The van der Waals surface area contributed by atoms with Gasteiger partial charge in [-0.2, -0.15) is 4.39 Å². The van der Waals surface area contributed by atoms with Gasteiger partial charge in [0.05, 0.1) is 11.8 Å². The molecule has 1 fully saturated rings. The maximum Gasteiger partial charge on any atom is 0.202 e. The Morgan fingerprint density at radius 3 is 2.58 bits per heavy atom. The maximum atomic E-state index is 13.7. The van der Waals surface area contributed by atoms with E-state index in [1.54, 1.807) is 0 Å². The van der Waals surface area contributed by atoms with Crippen LogP contribution in [0, 0.1) is 17.6 Å². The highest BCUT2D eigenvalue weighted by molar-refractivity contribution is 5.53. The van der Waals surface area contributed by atoms with Gasteiger partial charge in [-0.05, 0) is 58.0 Å². The van der Waals surface area contributed by atoms with Crippen LogP contribution in [-0.4, -0.2) is 31.1 Å². The van der Waals surface area contributed by atoms with E-state index in [0.29, 0.717) is 5.92 Å². The molecule has 1 aliphatic rings. The van der Waals surface area contributed by atoms with Crippen LogP contribution < -0.4 is 10.5 Å². The van der Waals surface area contributed by atoms with Crippen LogP contribution in [0.25, 0.3) is 0 Å². The number of ether oxygens (including phenoxy) is 1. The summed E-state index contributed by atoms with van der Waals surface area (Å²) >= 11 is 0. The summed E-state index contributed by atoms with van der Waals surface area (Å²) in [4.78, 5) is 2.25. The van der Waals surface area contributed by atoms with E-state index in [-0.39, 0.29) is 17.5 Å². The normalized spacial score (nSPS) is 19.4. The molecule has 0 radical (unpaired) electrons. The van der Waals surface area contributed by atoms with Crippen LogP contribution in [0.1, 0.15) is 19.8 Å². The van der Waals surface area contributed by atoms with Crippen LogP contribution in [0.15, 0.2) is 12.1 Å². The minimum atomic E-state index is -1.00. The molecule has 2 rings (SSSR count). The number of likely N-dealkylation sites (tertiary alicyclic amines) is 1. The van der Waals surface area contributed by atoms with Gasteiger partial charge in [0.15, 0.2) is 11.6 Å². The van der Waals surface area contributed by atoms with Crippen molar-refractivity contribution in [1.82, 2.24) is 4.90 Å². The van der Waals surface area contributed by atoms with Crippen molar-refractivity contribution in [2.45, 2.75) is 25.9 Å². The molecular weight excluding hydrogens is 250 g/mol. The molecule has 1 unspecified atom stereocenters. The number of nitrogens with two attached hydrogens (primary N) is 1. The fraction of sp³-hybridized carbons (Fsp3) is 0.571. The number of hydrogen-bond acceptors (Lipinski definition) is 3. The van der Waals surface area contributed by atoms with E-state index in [4.69, 9.17) is 10.5 Å². The van der Waals surface area contributed by atoms with Crippen LogP contribution >= 0.6 is 0 Å². The monoisotopic (exact) mass is 270 g/mol. The topological polar surface area (TPSA) is 38.5 Å². The van der Waals surface area contributed by atoms with Crippen molar-refractivity contribution >= 4 is 5.69 Å². The molecule has 0 spiro atoms. The van der Waals surface area contributed by atoms with Gasteiger partial charge >= 0.3 is 0 Å². The van der Waals surface area contributed by atoms with Gasteiger partial charge < -0.3 is 15.4 Å². The second-order valence-corrected chi connectivity index (χ2v) is 5.24. The molecule has 0 aromatic heterocycles. The highest BCUT2D eigenvalue weighted by Gasteiger charge is 2.25. The van der Waals surface area contributed by atoms with Gasteiger partial charge in [-0.15, -0.1) is 0 Å². The van der Waals surface area contributed by atoms with Crippen molar-refractivity contribution < 1.29 is 13.5 Å². The molecular formula is C14H20F2N2O. The summed E-state index contributed by atoms with van der Waals surface area (Å²) in [5.41, 5.74) is 5.79. The molecule has 1 aliphatic heterocycles. The van der Waals surface area contributed by atoms with Gasteiger partial charge in [0, 0.05) is 0 Å². The lowest BCUT2D eigenvalue weighted by atomic mass is 9.92. The second kappa shape index (κ2) is 5.74. The number of nitrogens with zero attached hydrogens (tertiary/aromatic N) is 1. The summed E-state index contributed by atoms with van der Waals surface area (Å²) in [5.74, 6) is -1.75. The Bertz CT molecular complexity index is 445. The van der Waals surface area contributed by atoms with Gasteiger partial charge in [-0.3, -0.25) is 0 Å². The van der Waals surface area contributed by atoms with E-state index in [9.17, 15) is 8.78 Å². The molecule has 106 valence electrons. The van der Waals surface area contributed by atoms with Crippen molar-refractivity contribution in [2.24, 2.45) is 5.92 Å². The van der Waals surface area contributed by atoms with Crippen LogP contribution in [-0.2, 0) is 0 Å². The summed E-state index contributed by atoms with van der Waals surface area (Å²) < 4.78 is 32.4. The van der Waals surface area contributed by atoms with E-state index < -0.39 is 11.6 Å². The first kappa shape index (κ1) is 14.1. The van der Waals surface area contributed by atoms with Gasteiger partial charge in [-0.25, -0.2) is 4.39 Å². The third-order valence-electron chi connectivity index (χ3n) is 3.81. The number of halogens is 2. The average Bonchev–Trinajstić information content (AvgIpc) is 2.40. The zero-order valence-corrected chi connectivity index (χ0v) is 11.3. The number of benzene rings is 1. The van der Waals surface area contributed by atoms with Crippen molar-refractivity contribution in [3.63, 3.8) is 0 Å². The minimum Gasteiger partial charge on any atom is -0.485 e. The first-order valence-corrected chi connectivity index (χ1v) is 6.57. The molecule has 1 aromatic carbocycles. The zero-order valence-electron chi connectivity index (χ0n) is 11.3. The summed E-state index contributed by atoms with van der Waals surface area (Å²) in [6.07, 6.45) is 1.82. The van der Waals surface area contributed by atoms with Gasteiger partial charge in [0.2, 0.25) is 5.82 Å². The number of rotatable bonds is 3. The van der Waals surface area contributed by atoms with E-state index in [1.807, 2.05) is 6.92 Å². The van der Waals surface area contributed by atoms with Crippen molar-refractivity contribution in [1.29, 1.82) is 0 Å². The number of hydrogen-bond donors (Lipinski definition) is 1. The van der Waals surface area contributed by atoms with Gasteiger partial charge in [-0.1, -0.05) is 0 Å². The molecule has 3 nitrogen and oxygen atoms in total. The van der Waals surface area contributed by atoms with Gasteiger partial charge in [0.1, 0.15) is 0 Å². The maximum absolute atomic E-state index is 13.7. The Hall–Kier alpha value is -1.36. The molecule has 1 saturated heterocycles. The number of anilines is 1. The SMILES string of the molecule is CC(Oc1c(N)ccc(F)c1F)C1CCN(C)CC1. The molecule has 1 heterocycles. The number of nitrogen functional groups attached to an aromatic ring is 1. The molecule has 0 saturated carbocycles. The molecule has 0 amide bonds. The highest BCUT2D eigenvalue weighted by atomic mass is 19.2. The standard InChI is InChI=1S/C14H20F2N2O/c1-9(10-5-7-18(2)8-6-10)19-14-12(17)4-3-11(15)13(14)16/h3-4,9-10H,5-8,17H2,1-2H3. The fourth-order valence-electron chi connectivity index (χ4n) is 2.45. The van der Waals surface area contributed by atoms with E-state index in [1.165, 1.54) is 6.07 Å².